The SMILES string of the molecule is O=C(CN1CCCC(O)C1)c1coc2ccccc12. The van der Waals surface area contributed by atoms with Gasteiger partial charge in [0.25, 0.3) is 0 Å². The molecule has 1 unspecified atom stereocenters. The van der Waals surface area contributed by atoms with Crippen molar-refractivity contribution in [3.8, 4) is 0 Å². The summed E-state index contributed by atoms with van der Waals surface area (Å²) in [5.74, 6) is 0.0547. The van der Waals surface area contributed by atoms with Crippen LogP contribution in [0, 0.1) is 0 Å². The Balaban J connectivity index is 1.76. The third kappa shape index (κ3) is 2.55. The van der Waals surface area contributed by atoms with Crippen molar-refractivity contribution < 1.29 is 14.3 Å². The third-order valence-electron chi connectivity index (χ3n) is 3.63. The summed E-state index contributed by atoms with van der Waals surface area (Å²) in [7, 11) is 0. The highest BCUT2D eigenvalue weighted by Gasteiger charge is 2.21. The number of rotatable bonds is 3. The van der Waals surface area contributed by atoms with E-state index in [-0.39, 0.29) is 11.9 Å². The molecular formula is C15H17NO3. The van der Waals surface area contributed by atoms with Gasteiger partial charge in [-0.25, -0.2) is 0 Å². The Bertz CT molecular complexity index is 590. The Labute approximate surface area is 111 Å². The Kier molecular flexibility index (Phi) is 3.36. The highest BCUT2D eigenvalue weighted by molar-refractivity contribution is 6.08. The number of aliphatic hydroxyl groups excluding tert-OH is 1. The minimum atomic E-state index is -0.303. The fourth-order valence-electron chi connectivity index (χ4n) is 2.66. The van der Waals surface area contributed by atoms with Crippen molar-refractivity contribution in [1.29, 1.82) is 0 Å². The number of fused-ring (bicyclic) bond motifs is 1. The van der Waals surface area contributed by atoms with Gasteiger partial charge in [0.15, 0.2) is 5.78 Å². The van der Waals surface area contributed by atoms with Crippen LogP contribution in [0.25, 0.3) is 11.0 Å². The minimum absolute atomic E-state index is 0.0547. The predicted octanol–water partition coefficient (Wildman–Crippen LogP) is 2.07. The van der Waals surface area contributed by atoms with Gasteiger partial charge in [-0.05, 0) is 25.5 Å². The first-order valence-corrected chi connectivity index (χ1v) is 6.64. The van der Waals surface area contributed by atoms with Crippen LogP contribution in [0.2, 0.25) is 0 Å². The van der Waals surface area contributed by atoms with Crippen LogP contribution < -0.4 is 0 Å². The van der Waals surface area contributed by atoms with Gasteiger partial charge in [0.1, 0.15) is 11.8 Å². The maximum Gasteiger partial charge on any atom is 0.180 e. The number of piperidine rings is 1. The number of carbonyl (C=O) groups excluding carboxylic acids is 1. The van der Waals surface area contributed by atoms with Crippen molar-refractivity contribution in [2.75, 3.05) is 19.6 Å². The van der Waals surface area contributed by atoms with E-state index in [1.807, 2.05) is 29.2 Å². The van der Waals surface area contributed by atoms with E-state index in [0.717, 1.165) is 30.4 Å². The molecule has 1 aliphatic rings. The molecule has 1 aromatic heterocycles. The molecule has 1 saturated heterocycles. The van der Waals surface area contributed by atoms with Gasteiger partial charge in [0, 0.05) is 11.9 Å². The van der Waals surface area contributed by atoms with E-state index in [1.54, 1.807) is 0 Å². The Morgan fingerprint density at radius 3 is 3.11 bits per heavy atom. The molecule has 0 spiro atoms. The Hall–Kier alpha value is -1.65. The van der Waals surface area contributed by atoms with Crippen LogP contribution in [-0.2, 0) is 0 Å². The fraction of sp³-hybridized carbons (Fsp3) is 0.400. The zero-order valence-corrected chi connectivity index (χ0v) is 10.7. The number of aliphatic hydroxyl groups is 1. The standard InChI is InChI=1S/C15H17NO3/c17-11-4-3-7-16(8-11)9-14(18)13-10-19-15-6-2-1-5-12(13)15/h1-2,5-6,10-11,17H,3-4,7-9H2. The van der Waals surface area contributed by atoms with E-state index in [4.69, 9.17) is 4.42 Å². The first-order chi connectivity index (χ1) is 9.24. The van der Waals surface area contributed by atoms with Crippen LogP contribution in [0.1, 0.15) is 23.2 Å². The molecule has 1 atom stereocenters. The van der Waals surface area contributed by atoms with E-state index in [1.165, 1.54) is 6.26 Å². The van der Waals surface area contributed by atoms with E-state index in [0.29, 0.717) is 18.7 Å². The smallest absolute Gasteiger partial charge is 0.180 e. The van der Waals surface area contributed by atoms with Crippen molar-refractivity contribution in [2.24, 2.45) is 0 Å². The first-order valence-electron chi connectivity index (χ1n) is 6.64. The molecule has 100 valence electrons. The lowest BCUT2D eigenvalue weighted by Gasteiger charge is -2.29. The Morgan fingerprint density at radius 2 is 2.26 bits per heavy atom. The van der Waals surface area contributed by atoms with Crippen LogP contribution >= 0.6 is 0 Å². The van der Waals surface area contributed by atoms with Gasteiger partial charge in [-0.1, -0.05) is 18.2 Å². The van der Waals surface area contributed by atoms with Crippen molar-refractivity contribution >= 4 is 16.8 Å². The molecule has 0 radical (unpaired) electrons. The van der Waals surface area contributed by atoms with E-state index < -0.39 is 0 Å². The molecule has 0 bridgehead atoms. The maximum atomic E-state index is 12.3. The number of nitrogens with zero attached hydrogens (tertiary/aromatic N) is 1. The average Bonchev–Trinajstić information content (AvgIpc) is 2.82. The highest BCUT2D eigenvalue weighted by atomic mass is 16.3. The molecule has 1 N–H and O–H groups in total. The second-order valence-electron chi connectivity index (χ2n) is 5.10. The summed E-state index contributed by atoms with van der Waals surface area (Å²) in [4.78, 5) is 14.3. The zero-order chi connectivity index (χ0) is 13.2. The maximum absolute atomic E-state index is 12.3. The van der Waals surface area contributed by atoms with Crippen molar-refractivity contribution in [1.82, 2.24) is 4.90 Å². The highest BCUT2D eigenvalue weighted by Crippen LogP contribution is 2.21. The number of ketones is 1. The molecule has 4 nitrogen and oxygen atoms in total. The molecular weight excluding hydrogens is 242 g/mol. The van der Waals surface area contributed by atoms with Gasteiger partial charge in [-0.3, -0.25) is 9.69 Å². The van der Waals surface area contributed by atoms with Crippen LogP contribution in [0.15, 0.2) is 34.9 Å². The zero-order valence-electron chi connectivity index (χ0n) is 10.7. The molecule has 4 heteroatoms. The van der Waals surface area contributed by atoms with Gasteiger partial charge in [0.2, 0.25) is 0 Å². The number of carbonyl (C=O) groups is 1. The number of likely N-dealkylation sites (tertiary alicyclic amines) is 1. The molecule has 1 aliphatic heterocycles. The summed E-state index contributed by atoms with van der Waals surface area (Å²) in [6, 6.07) is 7.55. The number of furan rings is 1. The second kappa shape index (κ2) is 5.15. The van der Waals surface area contributed by atoms with Crippen LogP contribution in [0.4, 0.5) is 0 Å². The Morgan fingerprint density at radius 1 is 1.42 bits per heavy atom. The lowest BCUT2D eigenvalue weighted by Crippen LogP contribution is -2.41. The topological polar surface area (TPSA) is 53.7 Å². The molecule has 1 aromatic carbocycles. The van der Waals surface area contributed by atoms with Gasteiger partial charge < -0.3 is 9.52 Å². The lowest BCUT2D eigenvalue weighted by atomic mass is 10.1. The lowest BCUT2D eigenvalue weighted by molar-refractivity contribution is 0.0634. The van der Waals surface area contributed by atoms with Crippen LogP contribution in [0.5, 0.6) is 0 Å². The average molecular weight is 259 g/mol. The number of hydrogen-bond acceptors (Lipinski definition) is 4. The fourth-order valence-corrected chi connectivity index (χ4v) is 2.66. The van der Waals surface area contributed by atoms with E-state index >= 15 is 0 Å². The van der Waals surface area contributed by atoms with Gasteiger partial charge in [0.05, 0.1) is 18.2 Å². The van der Waals surface area contributed by atoms with E-state index in [9.17, 15) is 9.90 Å². The molecule has 19 heavy (non-hydrogen) atoms. The summed E-state index contributed by atoms with van der Waals surface area (Å²) in [5, 5.41) is 10.5. The van der Waals surface area contributed by atoms with Gasteiger partial charge in [-0.2, -0.15) is 0 Å². The molecule has 0 amide bonds. The van der Waals surface area contributed by atoms with Crippen LogP contribution in [0.3, 0.4) is 0 Å². The molecule has 2 aromatic rings. The largest absolute Gasteiger partial charge is 0.464 e. The monoisotopic (exact) mass is 259 g/mol. The number of Topliss-reactive ketones (excluding diaryl/α,β-unsaturated/α-hetero) is 1. The van der Waals surface area contributed by atoms with Crippen molar-refractivity contribution in [3.05, 3.63) is 36.1 Å². The van der Waals surface area contributed by atoms with Gasteiger partial charge >= 0.3 is 0 Å². The molecule has 0 aliphatic carbocycles. The summed E-state index contributed by atoms with van der Waals surface area (Å²) in [6.07, 6.45) is 3.01. The van der Waals surface area contributed by atoms with Crippen molar-refractivity contribution in [2.45, 2.75) is 18.9 Å². The summed E-state index contributed by atoms with van der Waals surface area (Å²) in [6.45, 7) is 1.81. The minimum Gasteiger partial charge on any atom is -0.464 e. The molecule has 3 rings (SSSR count). The predicted molar refractivity (Wildman–Crippen MR) is 72.2 cm³/mol. The summed E-state index contributed by atoms with van der Waals surface area (Å²) < 4.78 is 5.39. The van der Waals surface area contributed by atoms with E-state index in [2.05, 4.69) is 0 Å². The number of hydrogen-bond donors (Lipinski definition) is 1. The number of β-amino-alcohol motifs (C(OH)–C–C–N with tert-alkyl or cyclic N) is 1. The molecule has 2 heterocycles. The summed E-state index contributed by atoms with van der Waals surface area (Å²) >= 11 is 0. The second-order valence-corrected chi connectivity index (χ2v) is 5.10. The van der Waals surface area contributed by atoms with Gasteiger partial charge in [-0.15, -0.1) is 0 Å². The first kappa shape index (κ1) is 12.4. The third-order valence-corrected chi connectivity index (χ3v) is 3.63. The normalized spacial score (nSPS) is 20.8. The molecule has 0 saturated carbocycles. The number of benzene rings is 1. The quantitative estimate of drug-likeness (QED) is 0.857. The number of para-hydroxylation sites is 1. The molecule has 1 fully saturated rings. The summed E-state index contributed by atoms with van der Waals surface area (Å²) in [5.41, 5.74) is 1.38. The van der Waals surface area contributed by atoms with Crippen molar-refractivity contribution in [3.63, 3.8) is 0 Å². The van der Waals surface area contributed by atoms with Crippen LogP contribution in [-0.4, -0.2) is 41.5 Å².